The van der Waals surface area contributed by atoms with Gasteiger partial charge < -0.3 is 9.84 Å². The molecule has 1 fully saturated rings. The molecular formula is C22H30N4O3. The second-order valence-electron chi connectivity index (χ2n) is 7.97. The molecule has 1 N–H and O–H groups in total. The Morgan fingerprint density at radius 2 is 1.69 bits per heavy atom. The van der Waals surface area contributed by atoms with Gasteiger partial charge in [-0.05, 0) is 56.9 Å². The second kappa shape index (κ2) is 8.88. The van der Waals surface area contributed by atoms with Gasteiger partial charge in [0.25, 0.3) is 0 Å². The lowest BCUT2D eigenvalue weighted by molar-refractivity contribution is -0.117. The quantitative estimate of drug-likeness (QED) is 0.754. The molecule has 0 bridgehead atoms. The number of ketones is 1. The highest BCUT2D eigenvalue weighted by Gasteiger charge is 2.22. The average molecular weight is 399 g/mol. The first-order valence-electron chi connectivity index (χ1n) is 10.0. The summed E-state index contributed by atoms with van der Waals surface area (Å²) >= 11 is 0. The van der Waals surface area contributed by atoms with Crippen LogP contribution in [0.2, 0.25) is 0 Å². The summed E-state index contributed by atoms with van der Waals surface area (Å²) in [5, 5.41) is 6.56. The van der Waals surface area contributed by atoms with Gasteiger partial charge in [-0.15, -0.1) is 0 Å². The van der Waals surface area contributed by atoms with E-state index in [9.17, 15) is 9.59 Å². The maximum absolute atomic E-state index is 12.2. The first kappa shape index (κ1) is 21.2. The van der Waals surface area contributed by atoms with E-state index in [0.717, 1.165) is 49.4 Å². The maximum atomic E-state index is 12.2. The summed E-state index contributed by atoms with van der Waals surface area (Å²) in [5.41, 5.74) is 5.47. The van der Waals surface area contributed by atoms with Crippen LogP contribution in [0.15, 0.2) is 16.7 Å². The van der Waals surface area contributed by atoms with Crippen molar-refractivity contribution in [3.63, 3.8) is 0 Å². The summed E-state index contributed by atoms with van der Waals surface area (Å²) in [6.45, 7) is 14.2. The van der Waals surface area contributed by atoms with Gasteiger partial charge in [0.1, 0.15) is 5.76 Å². The van der Waals surface area contributed by atoms with Gasteiger partial charge in [-0.2, -0.15) is 0 Å². The molecule has 1 aliphatic rings. The number of piperazine rings is 1. The molecule has 1 aromatic heterocycles. The molecule has 7 nitrogen and oxygen atoms in total. The summed E-state index contributed by atoms with van der Waals surface area (Å²) in [6.07, 6.45) is 0. The number of rotatable bonds is 6. The van der Waals surface area contributed by atoms with Gasteiger partial charge in [0.15, 0.2) is 11.6 Å². The van der Waals surface area contributed by atoms with Crippen molar-refractivity contribution in [3.05, 3.63) is 45.7 Å². The van der Waals surface area contributed by atoms with E-state index in [2.05, 4.69) is 40.2 Å². The predicted octanol–water partition coefficient (Wildman–Crippen LogP) is 2.87. The van der Waals surface area contributed by atoms with E-state index in [-0.39, 0.29) is 11.7 Å². The van der Waals surface area contributed by atoms with E-state index in [4.69, 9.17) is 4.52 Å². The van der Waals surface area contributed by atoms with E-state index in [0.29, 0.717) is 18.1 Å². The van der Waals surface area contributed by atoms with Crippen molar-refractivity contribution in [2.24, 2.45) is 0 Å². The van der Waals surface area contributed by atoms with Crippen LogP contribution in [0.1, 0.15) is 45.3 Å². The molecule has 2 aromatic rings. The van der Waals surface area contributed by atoms with Crippen molar-refractivity contribution < 1.29 is 14.1 Å². The molecule has 0 unspecified atom stereocenters. The molecule has 0 radical (unpaired) electrons. The molecule has 1 aromatic carbocycles. The fourth-order valence-corrected chi connectivity index (χ4v) is 4.15. The predicted molar refractivity (Wildman–Crippen MR) is 112 cm³/mol. The number of anilines is 1. The third kappa shape index (κ3) is 5.10. The van der Waals surface area contributed by atoms with Crippen LogP contribution >= 0.6 is 0 Å². The first-order chi connectivity index (χ1) is 13.7. The highest BCUT2D eigenvalue weighted by molar-refractivity contribution is 5.97. The Balaban J connectivity index is 1.55. The van der Waals surface area contributed by atoms with Crippen LogP contribution in [-0.4, -0.2) is 59.4 Å². The lowest BCUT2D eigenvalue weighted by Gasteiger charge is -2.35. The van der Waals surface area contributed by atoms with Crippen LogP contribution in [0, 0.1) is 27.7 Å². The van der Waals surface area contributed by atoms with Crippen LogP contribution in [0.4, 0.5) is 5.82 Å². The Kier molecular flexibility index (Phi) is 6.49. The lowest BCUT2D eigenvalue weighted by Crippen LogP contribution is -2.48. The molecule has 156 valence electrons. The van der Waals surface area contributed by atoms with Gasteiger partial charge in [-0.25, -0.2) is 0 Å². The van der Waals surface area contributed by atoms with E-state index < -0.39 is 0 Å². The fourth-order valence-electron chi connectivity index (χ4n) is 4.15. The van der Waals surface area contributed by atoms with Gasteiger partial charge in [0.2, 0.25) is 5.91 Å². The molecule has 1 aliphatic heterocycles. The number of aromatic nitrogens is 1. The summed E-state index contributed by atoms with van der Waals surface area (Å²) in [5.74, 6) is 1.17. The molecule has 0 saturated carbocycles. The normalized spacial score (nSPS) is 15.5. The summed E-state index contributed by atoms with van der Waals surface area (Å²) < 4.78 is 4.97. The number of carbonyl (C=O) groups excluding carboxylic acids is 2. The van der Waals surface area contributed by atoms with Gasteiger partial charge in [-0.1, -0.05) is 11.2 Å². The molecule has 3 rings (SSSR count). The number of aryl methyl sites for hydroxylation is 3. The zero-order valence-electron chi connectivity index (χ0n) is 18.0. The summed E-state index contributed by atoms with van der Waals surface area (Å²) in [7, 11) is 0. The minimum Gasteiger partial charge on any atom is -0.360 e. The van der Waals surface area contributed by atoms with Crippen LogP contribution in [0.3, 0.4) is 0 Å². The van der Waals surface area contributed by atoms with E-state index in [1.165, 1.54) is 11.1 Å². The number of nitrogens with zero attached hydrogens (tertiary/aromatic N) is 3. The van der Waals surface area contributed by atoms with Gasteiger partial charge >= 0.3 is 0 Å². The van der Waals surface area contributed by atoms with Gasteiger partial charge in [0, 0.05) is 44.4 Å². The van der Waals surface area contributed by atoms with Gasteiger partial charge in [-0.3, -0.25) is 19.4 Å². The Morgan fingerprint density at radius 3 is 2.28 bits per heavy atom. The number of nitrogens with one attached hydrogen (secondary N) is 1. The molecule has 1 saturated heterocycles. The summed E-state index contributed by atoms with van der Waals surface area (Å²) in [6, 6.07) is 3.82. The lowest BCUT2D eigenvalue weighted by atomic mass is 9.91. The minimum atomic E-state index is -0.0805. The smallest absolute Gasteiger partial charge is 0.239 e. The minimum absolute atomic E-state index is 0.0805. The maximum Gasteiger partial charge on any atom is 0.239 e. The SMILES string of the molecule is CC(=O)c1c(C)cc(C)c(CN2CCN(CC(=O)Nc3cc(C)on3)CC2)c1C. The van der Waals surface area contributed by atoms with Crippen molar-refractivity contribution in [2.75, 3.05) is 38.0 Å². The summed E-state index contributed by atoms with van der Waals surface area (Å²) in [4.78, 5) is 28.8. The topological polar surface area (TPSA) is 78.7 Å². The molecular weight excluding hydrogens is 368 g/mol. The fraction of sp³-hybridized carbons (Fsp3) is 0.500. The Morgan fingerprint density at radius 1 is 1.03 bits per heavy atom. The van der Waals surface area contributed by atoms with Crippen LogP contribution in [0.25, 0.3) is 0 Å². The van der Waals surface area contributed by atoms with Crippen molar-refractivity contribution in [2.45, 2.75) is 41.2 Å². The number of benzene rings is 1. The van der Waals surface area contributed by atoms with E-state index in [1.54, 1.807) is 19.9 Å². The number of carbonyl (C=O) groups is 2. The Labute approximate surface area is 172 Å². The average Bonchev–Trinajstić information content (AvgIpc) is 3.04. The van der Waals surface area contributed by atoms with Gasteiger partial charge in [0.05, 0.1) is 6.54 Å². The highest BCUT2D eigenvalue weighted by Crippen LogP contribution is 2.24. The van der Waals surface area contributed by atoms with E-state index in [1.807, 2.05) is 6.92 Å². The monoisotopic (exact) mass is 398 g/mol. The standard InChI is InChI=1S/C22H30N4O3/c1-14-10-15(2)22(18(5)27)17(4)19(14)12-25-6-8-26(9-7-25)13-21(28)23-20-11-16(3)29-24-20/h10-11H,6-9,12-13H2,1-5H3,(H,23,24,28). The second-order valence-corrected chi connectivity index (χ2v) is 7.97. The molecule has 29 heavy (non-hydrogen) atoms. The molecule has 7 heteroatoms. The number of amides is 1. The number of hydrogen-bond donors (Lipinski definition) is 1. The van der Waals surface area contributed by atoms with E-state index >= 15 is 0 Å². The first-order valence-corrected chi connectivity index (χ1v) is 10.0. The van der Waals surface area contributed by atoms with Crippen LogP contribution < -0.4 is 5.32 Å². The third-order valence-corrected chi connectivity index (χ3v) is 5.59. The van der Waals surface area contributed by atoms with Crippen LogP contribution in [-0.2, 0) is 11.3 Å². The Hall–Kier alpha value is -2.51. The van der Waals surface area contributed by atoms with Crippen molar-refractivity contribution >= 4 is 17.5 Å². The molecule has 0 spiro atoms. The molecule has 2 heterocycles. The number of Topliss-reactive ketones (excluding diaryl/α,β-unsaturated/α-hetero) is 1. The van der Waals surface area contributed by atoms with Crippen molar-refractivity contribution in [1.82, 2.24) is 15.0 Å². The van der Waals surface area contributed by atoms with Crippen LogP contribution in [0.5, 0.6) is 0 Å². The molecule has 0 atom stereocenters. The zero-order valence-corrected chi connectivity index (χ0v) is 18.0. The van der Waals surface area contributed by atoms with Crippen molar-refractivity contribution in [3.8, 4) is 0 Å². The Bertz CT molecular complexity index is 911. The molecule has 0 aliphatic carbocycles. The van der Waals surface area contributed by atoms with Crippen molar-refractivity contribution in [1.29, 1.82) is 0 Å². The highest BCUT2D eigenvalue weighted by atomic mass is 16.5. The third-order valence-electron chi connectivity index (χ3n) is 5.59. The zero-order chi connectivity index (χ0) is 21.1. The largest absolute Gasteiger partial charge is 0.360 e. The molecule has 1 amide bonds. The number of hydrogen-bond acceptors (Lipinski definition) is 6.